The lowest BCUT2D eigenvalue weighted by atomic mass is 9.80. The van der Waals surface area contributed by atoms with Crippen LogP contribution in [0.15, 0.2) is 0 Å². The van der Waals surface area contributed by atoms with E-state index in [1.54, 1.807) is 7.05 Å². The summed E-state index contributed by atoms with van der Waals surface area (Å²) < 4.78 is 0. The molecule has 6 nitrogen and oxygen atoms in total. The van der Waals surface area contributed by atoms with Crippen LogP contribution in [-0.2, 0) is 16.0 Å². The molecule has 2 amide bonds. The Morgan fingerprint density at radius 3 is 2.45 bits per heavy atom. The van der Waals surface area contributed by atoms with E-state index in [0.29, 0.717) is 12.8 Å². The normalized spacial score (nSPS) is 17.0. The summed E-state index contributed by atoms with van der Waals surface area (Å²) in [4.78, 5) is 24.6. The number of nitrogens with zero attached hydrogens (tertiary/aromatic N) is 1. The molecular weight excluding hydrogens is 280 g/mol. The van der Waals surface area contributed by atoms with Gasteiger partial charge in [-0.3, -0.25) is 14.7 Å². The number of aryl methyl sites for hydroxylation is 2. The number of rotatable bonds is 5. The number of H-pyrrole nitrogens is 1. The zero-order valence-electron chi connectivity index (χ0n) is 13.7. The minimum atomic E-state index is -0.718. The van der Waals surface area contributed by atoms with Gasteiger partial charge in [0.05, 0.1) is 5.69 Å². The molecule has 0 radical (unpaired) electrons. The molecule has 1 fully saturated rings. The second-order valence-corrected chi connectivity index (χ2v) is 6.18. The second-order valence-electron chi connectivity index (χ2n) is 6.18. The predicted octanol–water partition coefficient (Wildman–Crippen LogP) is 1.52. The van der Waals surface area contributed by atoms with E-state index in [9.17, 15) is 9.59 Å². The Bertz CT molecular complexity index is 525. The van der Waals surface area contributed by atoms with Gasteiger partial charge in [0, 0.05) is 19.2 Å². The summed E-state index contributed by atoms with van der Waals surface area (Å²) in [6, 6.07) is 0. The van der Waals surface area contributed by atoms with Crippen LogP contribution in [0.3, 0.4) is 0 Å². The van der Waals surface area contributed by atoms with Crippen LogP contribution >= 0.6 is 0 Å². The Morgan fingerprint density at radius 2 is 1.91 bits per heavy atom. The Hall–Kier alpha value is -1.85. The number of nitrogens with one attached hydrogen (secondary N) is 3. The maximum atomic E-state index is 12.3. The van der Waals surface area contributed by atoms with E-state index in [1.165, 1.54) is 0 Å². The van der Waals surface area contributed by atoms with Crippen molar-refractivity contribution in [2.24, 2.45) is 0 Å². The van der Waals surface area contributed by atoms with Gasteiger partial charge in [0.25, 0.3) is 0 Å². The summed E-state index contributed by atoms with van der Waals surface area (Å²) in [6.45, 7) is 3.89. The minimum absolute atomic E-state index is 0.0644. The standard InChI is InChI=1S/C16H26N4O2/c1-11-13(12(2)20-19-11)7-8-14(21)18-16(15(22)17-3)9-5-4-6-10-16/h4-10H2,1-3H3,(H,17,22)(H,18,21)(H,19,20). The molecule has 6 heteroatoms. The van der Waals surface area contributed by atoms with E-state index in [2.05, 4.69) is 20.8 Å². The summed E-state index contributed by atoms with van der Waals surface area (Å²) in [6.07, 6.45) is 5.55. The summed E-state index contributed by atoms with van der Waals surface area (Å²) in [5.41, 5.74) is 2.31. The van der Waals surface area contributed by atoms with E-state index in [1.807, 2.05) is 13.8 Å². The SMILES string of the molecule is CNC(=O)C1(NC(=O)CCc2c(C)n[nH]c2C)CCCCC1. The Kier molecular flexibility index (Phi) is 5.21. The van der Waals surface area contributed by atoms with Gasteiger partial charge < -0.3 is 10.6 Å². The first-order valence-corrected chi connectivity index (χ1v) is 8.02. The van der Waals surface area contributed by atoms with Gasteiger partial charge in [-0.05, 0) is 38.7 Å². The highest BCUT2D eigenvalue weighted by atomic mass is 16.2. The van der Waals surface area contributed by atoms with Gasteiger partial charge in [0.1, 0.15) is 5.54 Å². The van der Waals surface area contributed by atoms with Crippen molar-refractivity contribution >= 4 is 11.8 Å². The van der Waals surface area contributed by atoms with Gasteiger partial charge >= 0.3 is 0 Å². The number of aromatic nitrogens is 2. The largest absolute Gasteiger partial charge is 0.357 e. The number of hydrogen-bond acceptors (Lipinski definition) is 3. The van der Waals surface area contributed by atoms with Crippen molar-refractivity contribution in [2.75, 3.05) is 7.05 Å². The van der Waals surface area contributed by atoms with Crippen molar-refractivity contribution in [3.8, 4) is 0 Å². The van der Waals surface area contributed by atoms with Crippen LogP contribution in [0.4, 0.5) is 0 Å². The van der Waals surface area contributed by atoms with Crippen LogP contribution in [0.1, 0.15) is 55.5 Å². The molecule has 1 aliphatic rings. The molecular formula is C16H26N4O2. The molecule has 1 aromatic rings. The van der Waals surface area contributed by atoms with E-state index in [0.717, 1.165) is 49.1 Å². The molecule has 22 heavy (non-hydrogen) atoms. The van der Waals surface area contributed by atoms with Gasteiger partial charge in [0.2, 0.25) is 11.8 Å². The highest BCUT2D eigenvalue weighted by molar-refractivity contribution is 5.91. The third-order valence-corrected chi connectivity index (χ3v) is 4.63. The zero-order chi connectivity index (χ0) is 16.2. The number of likely N-dealkylation sites (N-methyl/N-ethyl adjacent to an activating group) is 1. The maximum Gasteiger partial charge on any atom is 0.245 e. The van der Waals surface area contributed by atoms with Gasteiger partial charge in [-0.1, -0.05) is 19.3 Å². The lowest BCUT2D eigenvalue weighted by Crippen LogP contribution is -2.59. The third kappa shape index (κ3) is 3.48. The van der Waals surface area contributed by atoms with Gasteiger partial charge in [-0.15, -0.1) is 0 Å². The van der Waals surface area contributed by atoms with Crippen LogP contribution in [0, 0.1) is 13.8 Å². The van der Waals surface area contributed by atoms with Crippen molar-refractivity contribution in [2.45, 2.75) is 64.3 Å². The Labute approximate surface area is 131 Å². The number of hydrogen-bond donors (Lipinski definition) is 3. The Morgan fingerprint density at radius 1 is 1.23 bits per heavy atom. The number of aromatic amines is 1. The lowest BCUT2D eigenvalue weighted by Gasteiger charge is -2.36. The van der Waals surface area contributed by atoms with Crippen molar-refractivity contribution in [3.63, 3.8) is 0 Å². The summed E-state index contributed by atoms with van der Waals surface area (Å²) >= 11 is 0. The fourth-order valence-electron chi connectivity index (χ4n) is 3.31. The molecule has 0 unspecified atom stereocenters. The number of carbonyl (C=O) groups excluding carboxylic acids is 2. The molecule has 2 rings (SSSR count). The molecule has 1 aromatic heterocycles. The molecule has 0 atom stereocenters. The van der Waals surface area contributed by atoms with Crippen molar-refractivity contribution in [1.82, 2.24) is 20.8 Å². The molecule has 0 bridgehead atoms. The molecule has 0 spiro atoms. The lowest BCUT2D eigenvalue weighted by molar-refractivity contribution is -0.134. The van der Waals surface area contributed by atoms with Crippen molar-refractivity contribution in [1.29, 1.82) is 0 Å². The molecule has 3 N–H and O–H groups in total. The Balaban J connectivity index is 1.98. The highest BCUT2D eigenvalue weighted by Gasteiger charge is 2.40. The number of amides is 2. The zero-order valence-corrected chi connectivity index (χ0v) is 13.7. The van der Waals surface area contributed by atoms with Crippen LogP contribution in [0.25, 0.3) is 0 Å². The molecule has 0 saturated heterocycles. The van der Waals surface area contributed by atoms with Gasteiger partial charge in [-0.25, -0.2) is 0 Å². The molecule has 1 aliphatic carbocycles. The summed E-state index contributed by atoms with van der Waals surface area (Å²) in [5, 5.41) is 12.8. The van der Waals surface area contributed by atoms with Crippen molar-refractivity contribution in [3.05, 3.63) is 17.0 Å². The minimum Gasteiger partial charge on any atom is -0.357 e. The monoisotopic (exact) mass is 306 g/mol. The first-order chi connectivity index (χ1) is 10.5. The summed E-state index contributed by atoms with van der Waals surface area (Å²) in [7, 11) is 1.63. The first kappa shape index (κ1) is 16.5. The predicted molar refractivity (Wildman–Crippen MR) is 84.4 cm³/mol. The smallest absolute Gasteiger partial charge is 0.245 e. The highest BCUT2D eigenvalue weighted by Crippen LogP contribution is 2.28. The summed E-state index contributed by atoms with van der Waals surface area (Å²) in [5.74, 6) is -0.137. The molecule has 122 valence electrons. The van der Waals surface area contributed by atoms with Gasteiger partial charge in [-0.2, -0.15) is 5.10 Å². The molecule has 1 heterocycles. The second kappa shape index (κ2) is 6.94. The van der Waals surface area contributed by atoms with Gasteiger partial charge in [0.15, 0.2) is 0 Å². The van der Waals surface area contributed by atoms with Crippen LogP contribution in [-0.4, -0.2) is 34.6 Å². The van der Waals surface area contributed by atoms with E-state index in [4.69, 9.17) is 0 Å². The van der Waals surface area contributed by atoms with E-state index < -0.39 is 5.54 Å². The van der Waals surface area contributed by atoms with Crippen LogP contribution in [0.2, 0.25) is 0 Å². The fraction of sp³-hybridized carbons (Fsp3) is 0.688. The third-order valence-electron chi connectivity index (χ3n) is 4.63. The van der Waals surface area contributed by atoms with E-state index >= 15 is 0 Å². The molecule has 1 saturated carbocycles. The fourth-order valence-corrected chi connectivity index (χ4v) is 3.31. The maximum absolute atomic E-state index is 12.3. The molecule has 0 aromatic carbocycles. The van der Waals surface area contributed by atoms with E-state index in [-0.39, 0.29) is 11.8 Å². The van der Waals surface area contributed by atoms with Crippen LogP contribution < -0.4 is 10.6 Å². The van der Waals surface area contributed by atoms with Crippen molar-refractivity contribution < 1.29 is 9.59 Å². The average molecular weight is 306 g/mol. The molecule has 0 aliphatic heterocycles. The van der Waals surface area contributed by atoms with Crippen LogP contribution in [0.5, 0.6) is 0 Å². The first-order valence-electron chi connectivity index (χ1n) is 8.02. The topological polar surface area (TPSA) is 86.9 Å². The number of carbonyl (C=O) groups is 2. The average Bonchev–Trinajstić information content (AvgIpc) is 2.84. The quantitative estimate of drug-likeness (QED) is 0.771.